The van der Waals surface area contributed by atoms with Gasteiger partial charge in [-0.3, -0.25) is 4.79 Å². The first-order valence-corrected chi connectivity index (χ1v) is 9.67. The van der Waals surface area contributed by atoms with Gasteiger partial charge in [-0.05, 0) is 37.1 Å². The van der Waals surface area contributed by atoms with Crippen LogP contribution >= 0.6 is 22.9 Å². The molecule has 0 spiro atoms. The van der Waals surface area contributed by atoms with Gasteiger partial charge in [0.1, 0.15) is 0 Å². The second-order valence-corrected chi connectivity index (χ2v) is 7.84. The monoisotopic (exact) mass is 362 g/mol. The lowest BCUT2D eigenvalue weighted by atomic mass is 10.1. The number of piperazine rings is 1. The third-order valence-electron chi connectivity index (χ3n) is 4.51. The van der Waals surface area contributed by atoms with Gasteiger partial charge in [0.25, 0.3) is 5.91 Å². The van der Waals surface area contributed by atoms with E-state index in [0.717, 1.165) is 54.6 Å². The molecule has 5 heteroatoms. The highest BCUT2D eigenvalue weighted by molar-refractivity contribution is 7.14. The van der Waals surface area contributed by atoms with Crippen LogP contribution in [0.3, 0.4) is 0 Å². The van der Waals surface area contributed by atoms with E-state index in [1.54, 1.807) is 11.3 Å². The van der Waals surface area contributed by atoms with Gasteiger partial charge in [0.2, 0.25) is 0 Å². The van der Waals surface area contributed by atoms with Crippen molar-refractivity contribution in [1.29, 1.82) is 0 Å². The lowest BCUT2D eigenvalue weighted by Crippen LogP contribution is -2.48. The lowest BCUT2D eigenvalue weighted by molar-refractivity contribution is 0.0751. The predicted molar refractivity (Wildman–Crippen MR) is 103 cm³/mol. The zero-order valence-electron chi connectivity index (χ0n) is 14.2. The molecular formula is C19H23ClN2OS. The second kappa shape index (κ2) is 7.58. The zero-order valence-corrected chi connectivity index (χ0v) is 15.8. The number of amides is 1. The highest BCUT2D eigenvalue weighted by Crippen LogP contribution is 2.28. The second-order valence-electron chi connectivity index (χ2n) is 6.17. The van der Waals surface area contributed by atoms with Gasteiger partial charge in [-0.15, -0.1) is 11.3 Å². The summed E-state index contributed by atoms with van der Waals surface area (Å²) < 4.78 is 0. The molecule has 0 unspecified atom stereocenters. The van der Waals surface area contributed by atoms with Crippen LogP contribution < -0.4 is 4.90 Å². The first-order chi connectivity index (χ1) is 11.6. The van der Waals surface area contributed by atoms with E-state index >= 15 is 0 Å². The van der Waals surface area contributed by atoms with Crippen molar-refractivity contribution in [3.05, 3.63) is 50.7 Å². The highest BCUT2D eigenvalue weighted by Gasteiger charge is 2.24. The number of halogens is 1. The smallest absolute Gasteiger partial charge is 0.264 e. The van der Waals surface area contributed by atoms with Crippen LogP contribution in [0, 0.1) is 6.92 Å². The minimum Gasteiger partial charge on any atom is -0.367 e. The summed E-state index contributed by atoms with van der Waals surface area (Å²) in [6, 6.07) is 9.99. The first kappa shape index (κ1) is 17.3. The number of para-hydroxylation sites is 1. The molecular weight excluding hydrogens is 340 g/mol. The Morgan fingerprint density at radius 2 is 1.92 bits per heavy atom. The minimum atomic E-state index is 0.171. The van der Waals surface area contributed by atoms with E-state index in [4.69, 9.17) is 11.6 Å². The molecule has 1 fully saturated rings. The molecule has 0 N–H and O–H groups in total. The van der Waals surface area contributed by atoms with Crippen molar-refractivity contribution in [3.63, 3.8) is 0 Å². The maximum atomic E-state index is 12.8. The highest BCUT2D eigenvalue weighted by atomic mass is 35.5. The maximum Gasteiger partial charge on any atom is 0.264 e. The van der Waals surface area contributed by atoms with Crippen molar-refractivity contribution in [2.45, 2.75) is 26.7 Å². The molecule has 0 saturated carbocycles. The average Bonchev–Trinajstić information content (AvgIpc) is 2.96. The van der Waals surface area contributed by atoms with Gasteiger partial charge in [0, 0.05) is 31.1 Å². The molecule has 2 heterocycles. The number of aryl methyl sites for hydroxylation is 2. The minimum absolute atomic E-state index is 0.171. The quantitative estimate of drug-likeness (QED) is 0.792. The molecule has 0 aliphatic carbocycles. The van der Waals surface area contributed by atoms with Crippen LogP contribution in [-0.2, 0) is 6.42 Å². The number of hydrogen-bond acceptors (Lipinski definition) is 3. The fraction of sp³-hybridized carbons (Fsp3) is 0.421. The van der Waals surface area contributed by atoms with Crippen LogP contribution in [0.1, 0.15) is 33.5 Å². The van der Waals surface area contributed by atoms with Crippen molar-refractivity contribution in [2.75, 3.05) is 31.1 Å². The van der Waals surface area contributed by atoms with E-state index in [9.17, 15) is 4.79 Å². The third-order valence-corrected chi connectivity index (χ3v) is 5.91. The summed E-state index contributed by atoms with van der Waals surface area (Å²) in [5, 5.41) is 0.773. The lowest BCUT2D eigenvalue weighted by Gasteiger charge is -2.36. The van der Waals surface area contributed by atoms with Gasteiger partial charge in [-0.25, -0.2) is 0 Å². The molecule has 1 saturated heterocycles. The molecule has 0 atom stereocenters. The van der Waals surface area contributed by atoms with Crippen molar-refractivity contribution < 1.29 is 4.79 Å². The van der Waals surface area contributed by atoms with Crippen molar-refractivity contribution in [3.8, 4) is 0 Å². The maximum absolute atomic E-state index is 12.8. The van der Waals surface area contributed by atoms with E-state index in [2.05, 4.69) is 24.8 Å². The molecule has 1 amide bonds. The Hall–Kier alpha value is -1.52. The molecule has 1 aliphatic rings. The van der Waals surface area contributed by atoms with Gasteiger partial charge >= 0.3 is 0 Å². The molecule has 3 nitrogen and oxygen atoms in total. The Balaban J connectivity index is 1.65. The molecule has 24 heavy (non-hydrogen) atoms. The number of nitrogens with zero attached hydrogens (tertiary/aromatic N) is 2. The standard InChI is InChI=1S/C19H23ClN2OS/c1-3-6-15-13-18(24-14(15)2)19(23)22-11-9-21(10-12-22)17-8-5-4-7-16(17)20/h4-5,7-8,13H,3,6,9-12H2,1-2H3. The molecule has 128 valence electrons. The van der Waals surface area contributed by atoms with Crippen LogP contribution in [0.2, 0.25) is 5.02 Å². The fourth-order valence-corrected chi connectivity index (χ4v) is 4.45. The molecule has 1 aromatic carbocycles. The largest absolute Gasteiger partial charge is 0.367 e. The SMILES string of the molecule is CCCc1cc(C(=O)N2CCN(c3ccccc3Cl)CC2)sc1C. The van der Waals surface area contributed by atoms with Gasteiger partial charge in [-0.2, -0.15) is 0 Å². The predicted octanol–water partition coefficient (Wildman–Crippen LogP) is 4.62. The summed E-state index contributed by atoms with van der Waals surface area (Å²) >= 11 is 7.91. The van der Waals surface area contributed by atoms with E-state index in [-0.39, 0.29) is 5.91 Å². The van der Waals surface area contributed by atoms with Gasteiger partial charge < -0.3 is 9.80 Å². The Labute approximate surface area is 152 Å². The number of carbonyl (C=O) groups is 1. The van der Waals surface area contributed by atoms with Crippen LogP contribution in [0.25, 0.3) is 0 Å². The molecule has 3 rings (SSSR count). The Morgan fingerprint density at radius 3 is 2.58 bits per heavy atom. The van der Waals surface area contributed by atoms with Crippen LogP contribution in [0.15, 0.2) is 30.3 Å². The van der Waals surface area contributed by atoms with Crippen molar-refractivity contribution >= 4 is 34.5 Å². The van der Waals surface area contributed by atoms with Crippen molar-refractivity contribution in [2.24, 2.45) is 0 Å². The normalized spacial score (nSPS) is 15.0. The average molecular weight is 363 g/mol. The number of carbonyl (C=O) groups excluding carboxylic acids is 1. The molecule has 0 bridgehead atoms. The Bertz CT molecular complexity index is 720. The van der Waals surface area contributed by atoms with E-state index < -0.39 is 0 Å². The number of benzene rings is 1. The number of hydrogen-bond donors (Lipinski definition) is 0. The molecule has 2 aromatic rings. The summed E-state index contributed by atoms with van der Waals surface area (Å²) in [7, 11) is 0. The zero-order chi connectivity index (χ0) is 17.1. The number of thiophene rings is 1. The van der Waals surface area contributed by atoms with Crippen LogP contribution in [0.5, 0.6) is 0 Å². The van der Waals surface area contributed by atoms with Crippen LogP contribution in [-0.4, -0.2) is 37.0 Å². The van der Waals surface area contributed by atoms with Crippen molar-refractivity contribution in [1.82, 2.24) is 4.90 Å². The van der Waals surface area contributed by atoms with E-state index in [1.165, 1.54) is 10.4 Å². The van der Waals surface area contributed by atoms with Gasteiger partial charge in [-0.1, -0.05) is 37.1 Å². The molecule has 1 aromatic heterocycles. The summed E-state index contributed by atoms with van der Waals surface area (Å²) in [6.45, 7) is 7.41. The Kier molecular flexibility index (Phi) is 5.47. The Morgan fingerprint density at radius 1 is 1.21 bits per heavy atom. The van der Waals surface area contributed by atoms with Crippen LogP contribution in [0.4, 0.5) is 5.69 Å². The topological polar surface area (TPSA) is 23.6 Å². The summed E-state index contributed by atoms with van der Waals surface area (Å²) in [5.41, 5.74) is 2.38. The molecule has 0 radical (unpaired) electrons. The summed E-state index contributed by atoms with van der Waals surface area (Å²) in [5.74, 6) is 0.171. The first-order valence-electron chi connectivity index (χ1n) is 8.48. The third kappa shape index (κ3) is 3.60. The van der Waals surface area contributed by atoms with E-state index in [0.29, 0.717) is 0 Å². The van der Waals surface area contributed by atoms with Gasteiger partial charge in [0.05, 0.1) is 15.6 Å². The number of rotatable bonds is 4. The molecule has 1 aliphatic heterocycles. The number of anilines is 1. The van der Waals surface area contributed by atoms with Gasteiger partial charge in [0.15, 0.2) is 0 Å². The fourth-order valence-electron chi connectivity index (χ4n) is 3.16. The summed E-state index contributed by atoms with van der Waals surface area (Å²) in [6.07, 6.45) is 2.16. The van der Waals surface area contributed by atoms with E-state index in [1.807, 2.05) is 29.2 Å². The summed E-state index contributed by atoms with van der Waals surface area (Å²) in [4.78, 5) is 19.1.